The second kappa shape index (κ2) is 21.7. The van der Waals surface area contributed by atoms with Crippen LogP contribution in [0.4, 0.5) is 28.4 Å². The Bertz CT molecular complexity index is 2560. The Kier molecular flexibility index (Phi) is 15.9. The Morgan fingerprint density at radius 3 is 1.74 bits per heavy atom. The molecule has 5 aromatic rings. The number of anilines is 4. The number of hydrogen-bond donors (Lipinski definition) is 7. The van der Waals surface area contributed by atoms with Crippen molar-refractivity contribution in [3.63, 3.8) is 0 Å². The third-order valence-electron chi connectivity index (χ3n) is 9.24. The maximum Gasteiger partial charge on any atom is 0.269 e. The summed E-state index contributed by atoms with van der Waals surface area (Å²) in [6.45, 7) is 9.03. The molecular formula is C46H47N7O12. The van der Waals surface area contributed by atoms with Crippen LogP contribution in [0.1, 0.15) is 74.7 Å². The van der Waals surface area contributed by atoms with Gasteiger partial charge < -0.3 is 51.2 Å². The van der Waals surface area contributed by atoms with E-state index in [-0.39, 0.29) is 57.6 Å². The molecule has 65 heavy (non-hydrogen) atoms. The van der Waals surface area contributed by atoms with Gasteiger partial charge in [-0.1, -0.05) is 6.07 Å². The van der Waals surface area contributed by atoms with Crippen LogP contribution in [0.15, 0.2) is 103 Å². The molecule has 0 aliphatic heterocycles. The normalized spacial score (nSPS) is 11.7. The molecule has 7 N–H and O–H groups in total. The van der Waals surface area contributed by atoms with Crippen molar-refractivity contribution in [1.29, 1.82) is 0 Å². The van der Waals surface area contributed by atoms with E-state index in [4.69, 9.17) is 14.2 Å². The van der Waals surface area contributed by atoms with E-state index in [1.807, 2.05) is 26.8 Å². The number of amides is 6. The Morgan fingerprint density at radius 2 is 1.18 bits per heavy atom. The molecule has 0 saturated heterocycles. The van der Waals surface area contributed by atoms with Crippen molar-refractivity contribution >= 4 is 64.4 Å². The van der Waals surface area contributed by atoms with Gasteiger partial charge in [0, 0.05) is 47.3 Å². The molecule has 0 aliphatic rings. The monoisotopic (exact) mass is 889 g/mol. The number of carbonyl (C=O) groups is 6. The summed E-state index contributed by atoms with van der Waals surface area (Å²) in [5, 5.41) is 37.8. The highest BCUT2D eigenvalue weighted by Crippen LogP contribution is 2.39. The van der Waals surface area contributed by atoms with Crippen LogP contribution in [0.3, 0.4) is 0 Å². The van der Waals surface area contributed by atoms with Crippen LogP contribution in [0.5, 0.6) is 17.2 Å². The molecule has 0 bridgehead atoms. The zero-order valence-electron chi connectivity index (χ0n) is 36.1. The predicted octanol–water partition coefficient (Wildman–Crippen LogP) is 6.40. The fourth-order valence-electron chi connectivity index (χ4n) is 6.13. The van der Waals surface area contributed by atoms with Gasteiger partial charge >= 0.3 is 0 Å². The SMILES string of the molecule is COC(C(=O)Nc1ccc(C(=O)Nc2ccc(C(=O)Nc3ccc(C)cc3OC(C)C)c(O)c2OC(C)C)cc1)C(NC=O)NC(=O)c1ccc(NC(=O)c2ccc([N+](=O)[O-])cc2)cc1. The minimum absolute atomic E-state index is 0.0791. The number of nitro groups is 1. The summed E-state index contributed by atoms with van der Waals surface area (Å²) in [4.78, 5) is 87.9. The number of nitro benzene ring substituents is 1. The number of carbonyl (C=O) groups excluding carboxylic acids is 6. The lowest BCUT2D eigenvalue weighted by atomic mass is 10.1. The molecule has 0 fully saturated rings. The lowest BCUT2D eigenvalue weighted by molar-refractivity contribution is -0.384. The van der Waals surface area contributed by atoms with Crippen molar-refractivity contribution in [2.45, 2.75) is 59.1 Å². The van der Waals surface area contributed by atoms with E-state index in [0.29, 0.717) is 17.1 Å². The third kappa shape index (κ3) is 12.6. The first-order chi connectivity index (χ1) is 31.0. The molecule has 19 nitrogen and oxygen atoms in total. The number of phenolic OH excluding ortho intramolecular Hbond substituents is 1. The number of nitrogens with zero attached hydrogens (tertiary/aromatic N) is 1. The molecule has 2 unspecified atom stereocenters. The van der Waals surface area contributed by atoms with E-state index >= 15 is 0 Å². The summed E-state index contributed by atoms with van der Waals surface area (Å²) in [5.41, 5.74) is 2.07. The molecule has 5 aromatic carbocycles. The quantitative estimate of drug-likeness (QED) is 0.0206. The number of hydrogen-bond acceptors (Lipinski definition) is 12. The Balaban J connectivity index is 1.22. The number of aryl methyl sites for hydroxylation is 1. The van der Waals surface area contributed by atoms with Gasteiger partial charge in [0.25, 0.3) is 35.2 Å². The van der Waals surface area contributed by atoms with Gasteiger partial charge in [-0.2, -0.15) is 0 Å². The molecule has 0 saturated carbocycles. The zero-order valence-corrected chi connectivity index (χ0v) is 36.1. The van der Waals surface area contributed by atoms with Gasteiger partial charge in [-0.05, 0) is 125 Å². The summed E-state index contributed by atoms with van der Waals surface area (Å²) in [6.07, 6.45) is -3.15. The average molecular weight is 890 g/mol. The van der Waals surface area contributed by atoms with Crippen LogP contribution in [0.2, 0.25) is 0 Å². The number of methoxy groups -OCH3 is 1. The number of non-ortho nitro benzene ring substituents is 1. The molecule has 0 radical (unpaired) electrons. The number of aromatic hydroxyl groups is 1. The summed E-state index contributed by atoms with van der Waals surface area (Å²) >= 11 is 0. The first kappa shape index (κ1) is 47.7. The number of rotatable bonds is 19. The molecule has 6 amide bonds. The van der Waals surface area contributed by atoms with Crippen LogP contribution in [-0.4, -0.2) is 77.6 Å². The maximum absolute atomic E-state index is 13.4. The third-order valence-corrected chi connectivity index (χ3v) is 9.24. The van der Waals surface area contributed by atoms with Crippen molar-refractivity contribution in [2.24, 2.45) is 0 Å². The summed E-state index contributed by atoms with van der Waals surface area (Å²) in [7, 11) is 1.20. The lowest BCUT2D eigenvalue weighted by Crippen LogP contribution is -2.57. The molecule has 19 heteroatoms. The minimum Gasteiger partial charge on any atom is -0.504 e. The van der Waals surface area contributed by atoms with Gasteiger partial charge in [-0.15, -0.1) is 0 Å². The fourth-order valence-corrected chi connectivity index (χ4v) is 6.13. The van der Waals surface area contributed by atoms with Crippen molar-refractivity contribution < 1.29 is 53.0 Å². The van der Waals surface area contributed by atoms with Gasteiger partial charge in [-0.3, -0.25) is 38.9 Å². The molecule has 0 aliphatic carbocycles. The van der Waals surface area contributed by atoms with Gasteiger partial charge in [-0.25, -0.2) is 0 Å². The molecule has 0 spiro atoms. The first-order valence-electron chi connectivity index (χ1n) is 20.0. The fraction of sp³-hybridized carbons (Fsp3) is 0.217. The molecule has 5 rings (SSSR count). The number of nitrogens with one attached hydrogen (secondary N) is 6. The Labute approximate surface area is 373 Å². The number of phenols is 1. The molecule has 0 heterocycles. The summed E-state index contributed by atoms with van der Waals surface area (Å²) < 4.78 is 17.1. The highest BCUT2D eigenvalue weighted by atomic mass is 16.6. The average Bonchev–Trinajstić information content (AvgIpc) is 3.26. The van der Waals surface area contributed by atoms with Crippen LogP contribution < -0.4 is 41.4 Å². The molecule has 0 aromatic heterocycles. The van der Waals surface area contributed by atoms with Crippen molar-refractivity contribution in [3.05, 3.63) is 141 Å². The molecule has 2 atom stereocenters. The van der Waals surface area contributed by atoms with E-state index in [1.165, 1.54) is 92.0 Å². The van der Waals surface area contributed by atoms with Gasteiger partial charge in [0.15, 0.2) is 17.6 Å². The van der Waals surface area contributed by atoms with Gasteiger partial charge in [0.1, 0.15) is 11.9 Å². The highest BCUT2D eigenvalue weighted by molar-refractivity contribution is 6.10. The Hall–Kier alpha value is -8.32. The van der Waals surface area contributed by atoms with Crippen molar-refractivity contribution in [3.8, 4) is 17.2 Å². The summed E-state index contributed by atoms with van der Waals surface area (Å²) in [6, 6.07) is 24.4. The zero-order chi connectivity index (χ0) is 47.4. The Morgan fingerprint density at radius 1 is 0.662 bits per heavy atom. The standard InChI is InChI=1S/C46H47N7O12/c1-25(2)64-37-23-27(5)7-21-35(37)50-45(59)34-20-22-36(39(38(34)55)65-26(3)4)51-43(57)28-8-16-32(17-9-28)49-46(60)40(63-6)41(47-24-54)52-44(58)29-10-14-31(15-11-29)48-42(56)30-12-18-33(19-13-30)53(61)62/h7-26,40-41,55H,1-6H3,(H,47,54)(H,48,56)(H,49,60)(H,50,59)(H,51,57)(H,52,58). The number of ether oxygens (including phenoxy) is 3. The van der Waals surface area contributed by atoms with Crippen molar-refractivity contribution in [2.75, 3.05) is 28.4 Å². The molecule has 338 valence electrons. The van der Waals surface area contributed by atoms with Gasteiger partial charge in [0.2, 0.25) is 6.41 Å². The van der Waals surface area contributed by atoms with Crippen LogP contribution in [-0.2, 0) is 14.3 Å². The van der Waals surface area contributed by atoms with Crippen LogP contribution >= 0.6 is 0 Å². The minimum atomic E-state index is -1.45. The van der Waals surface area contributed by atoms with E-state index in [9.17, 15) is 44.0 Å². The largest absolute Gasteiger partial charge is 0.504 e. The second-order valence-corrected chi connectivity index (χ2v) is 14.9. The second-order valence-electron chi connectivity index (χ2n) is 14.9. The smallest absolute Gasteiger partial charge is 0.269 e. The van der Waals surface area contributed by atoms with Crippen LogP contribution in [0, 0.1) is 17.0 Å². The lowest BCUT2D eigenvalue weighted by Gasteiger charge is -2.25. The van der Waals surface area contributed by atoms with E-state index in [1.54, 1.807) is 26.0 Å². The first-order valence-corrected chi connectivity index (χ1v) is 20.0. The van der Waals surface area contributed by atoms with E-state index < -0.39 is 58.6 Å². The topological polar surface area (TPSA) is 266 Å². The maximum atomic E-state index is 13.4. The van der Waals surface area contributed by atoms with Crippen LogP contribution in [0.25, 0.3) is 0 Å². The number of benzene rings is 5. The predicted molar refractivity (Wildman–Crippen MR) is 241 cm³/mol. The van der Waals surface area contributed by atoms with Gasteiger partial charge in [0.05, 0.1) is 34.1 Å². The highest BCUT2D eigenvalue weighted by Gasteiger charge is 2.30. The summed E-state index contributed by atoms with van der Waals surface area (Å²) in [5.74, 6) is -3.45. The van der Waals surface area contributed by atoms with E-state index in [0.717, 1.165) is 5.56 Å². The van der Waals surface area contributed by atoms with E-state index in [2.05, 4.69) is 31.9 Å². The van der Waals surface area contributed by atoms with Crippen molar-refractivity contribution in [1.82, 2.24) is 10.6 Å². The molecular weight excluding hydrogens is 843 g/mol.